The first-order chi connectivity index (χ1) is 13.9. The lowest BCUT2D eigenvalue weighted by Gasteiger charge is -2.57. The molecule has 0 radical (unpaired) electrons. The molecule has 0 aromatic heterocycles. The first kappa shape index (κ1) is 21.5. The van der Waals surface area contributed by atoms with Crippen LogP contribution >= 0.6 is 0 Å². The molecule has 2 N–H and O–H groups in total. The van der Waals surface area contributed by atoms with Gasteiger partial charge in [-0.05, 0) is 78.8 Å². The van der Waals surface area contributed by atoms with E-state index in [0.717, 1.165) is 12.3 Å². The van der Waals surface area contributed by atoms with Crippen LogP contribution in [-0.2, 0) is 9.53 Å². The Hall–Kier alpha value is -1.78. The van der Waals surface area contributed by atoms with Gasteiger partial charge in [-0.15, -0.1) is 0 Å². The number of allylic oxidation sites excluding steroid dienone is 3. The van der Waals surface area contributed by atoms with Crippen molar-refractivity contribution in [2.75, 3.05) is 0 Å². The lowest BCUT2D eigenvalue weighted by molar-refractivity contribution is -0.129. The summed E-state index contributed by atoms with van der Waals surface area (Å²) in [6.07, 6.45) is 11.2. The van der Waals surface area contributed by atoms with Crippen LogP contribution in [0.4, 0.5) is 4.79 Å². The van der Waals surface area contributed by atoms with E-state index in [4.69, 9.17) is 4.74 Å². The summed E-state index contributed by atoms with van der Waals surface area (Å²) >= 11 is 0. The number of carbonyl (C=O) groups excluding carboxylic acids is 1. The lowest BCUT2D eigenvalue weighted by atomic mass is 9.48. The zero-order chi connectivity index (χ0) is 21.9. The number of hydrogen-bond acceptors (Lipinski definition) is 3. The molecule has 5 nitrogen and oxygen atoms in total. The number of nitrogens with one attached hydrogen (secondary N) is 1. The minimum absolute atomic E-state index is 0.0615. The van der Waals surface area contributed by atoms with Crippen LogP contribution in [0.2, 0.25) is 0 Å². The molecule has 1 amide bonds. The van der Waals surface area contributed by atoms with Crippen molar-refractivity contribution in [3.05, 3.63) is 23.5 Å². The summed E-state index contributed by atoms with van der Waals surface area (Å²) in [5, 5.41) is 12.4. The van der Waals surface area contributed by atoms with E-state index >= 15 is 0 Å². The van der Waals surface area contributed by atoms with Gasteiger partial charge in [0.15, 0.2) is 0 Å². The second-order valence-electron chi connectivity index (χ2n) is 11.7. The van der Waals surface area contributed by atoms with Crippen LogP contribution in [0.15, 0.2) is 23.5 Å². The molecule has 2 saturated carbocycles. The van der Waals surface area contributed by atoms with Crippen molar-refractivity contribution in [1.82, 2.24) is 5.32 Å². The Balaban J connectivity index is 1.67. The lowest BCUT2D eigenvalue weighted by Crippen LogP contribution is -2.53. The van der Waals surface area contributed by atoms with E-state index in [1.165, 1.54) is 37.7 Å². The van der Waals surface area contributed by atoms with Crippen LogP contribution < -0.4 is 5.32 Å². The van der Waals surface area contributed by atoms with Crippen molar-refractivity contribution in [2.24, 2.45) is 34.0 Å². The Kier molecular flexibility index (Phi) is 5.10. The second kappa shape index (κ2) is 7.13. The molecule has 30 heavy (non-hydrogen) atoms. The quantitative estimate of drug-likeness (QED) is 0.570. The number of carbonyl (C=O) groups is 2. The van der Waals surface area contributed by atoms with Crippen LogP contribution in [-0.4, -0.2) is 23.2 Å². The monoisotopic (exact) mass is 415 g/mol. The molecule has 5 heteroatoms. The first-order valence-corrected chi connectivity index (χ1v) is 11.6. The molecule has 0 bridgehead atoms. The van der Waals surface area contributed by atoms with Crippen LogP contribution in [0.3, 0.4) is 0 Å². The fourth-order valence-electron chi connectivity index (χ4n) is 7.08. The molecule has 4 aliphatic rings. The van der Waals surface area contributed by atoms with Crippen LogP contribution in [0, 0.1) is 34.0 Å². The molecule has 0 aliphatic heterocycles. The van der Waals surface area contributed by atoms with Gasteiger partial charge in [0.1, 0.15) is 5.76 Å². The highest BCUT2D eigenvalue weighted by Gasteiger charge is 2.56. The maximum atomic E-state index is 12.7. The molecule has 0 spiro atoms. The van der Waals surface area contributed by atoms with Gasteiger partial charge in [-0.1, -0.05) is 47.1 Å². The Morgan fingerprint density at radius 2 is 1.90 bits per heavy atom. The Morgan fingerprint density at radius 1 is 1.17 bits per heavy atom. The van der Waals surface area contributed by atoms with Crippen molar-refractivity contribution in [1.29, 1.82) is 0 Å². The molecule has 0 saturated heterocycles. The van der Waals surface area contributed by atoms with E-state index in [1.54, 1.807) is 0 Å². The van der Waals surface area contributed by atoms with Crippen LogP contribution in [0.25, 0.3) is 0 Å². The highest BCUT2D eigenvalue weighted by molar-refractivity contribution is 5.82. The third-order valence-electron chi connectivity index (χ3n) is 8.77. The fraction of sp³-hybridized carbons (Fsp3) is 0.760. The van der Waals surface area contributed by atoms with Gasteiger partial charge in [0.2, 0.25) is 5.91 Å². The number of amides is 1. The molecule has 2 fully saturated rings. The number of rotatable bonds is 2. The van der Waals surface area contributed by atoms with Gasteiger partial charge < -0.3 is 15.2 Å². The first-order valence-electron chi connectivity index (χ1n) is 11.6. The predicted molar refractivity (Wildman–Crippen MR) is 116 cm³/mol. The number of carboxylic acid groups (broad SMARTS) is 1. The van der Waals surface area contributed by atoms with Gasteiger partial charge >= 0.3 is 6.16 Å². The topological polar surface area (TPSA) is 75.6 Å². The average Bonchev–Trinajstić information content (AvgIpc) is 3.03. The second-order valence-corrected chi connectivity index (χ2v) is 11.7. The third-order valence-corrected chi connectivity index (χ3v) is 8.77. The zero-order valence-corrected chi connectivity index (χ0v) is 19.1. The van der Waals surface area contributed by atoms with E-state index in [2.05, 4.69) is 25.2 Å². The smallest absolute Gasteiger partial charge is 0.449 e. The predicted octanol–water partition coefficient (Wildman–Crippen LogP) is 5.67. The molecule has 0 aromatic carbocycles. The van der Waals surface area contributed by atoms with Crippen molar-refractivity contribution in [3.63, 3.8) is 0 Å². The van der Waals surface area contributed by atoms with Crippen molar-refractivity contribution >= 4 is 12.1 Å². The number of fused-ring (bicyclic) bond motifs is 5. The summed E-state index contributed by atoms with van der Waals surface area (Å²) < 4.78 is 5.15. The summed E-state index contributed by atoms with van der Waals surface area (Å²) in [4.78, 5) is 24.1. The van der Waals surface area contributed by atoms with E-state index < -0.39 is 17.6 Å². The standard InChI is InChI=1S/C25H37NO4/c1-23(2,3)21(27)26-19-14-25(5)15(13-20(19)30-22(28)29)8-9-16-17-7-6-11-24(17,4)12-10-18(16)25/h8,13,16-19H,6-7,9-12,14H2,1-5H3,(H,26,27)(H,28,29)/t16?,17?,18?,19?,24-,25-/m0/s1. The minimum atomic E-state index is -1.33. The third kappa shape index (κ3) is 3.48. The van der Waals surface area contributed by atoms with Crippen LogP contribution in [0.1, 0.15) is 79.6 Å². The normalized spacial score (nSPS) is 40.3. The summed E-state index contributed by atoms with van der Waals surface area (Å²) in [6.45, 7) is 10.4. The molecule has 0 aromatic rings. The van der Waals surface area contributed by atoms with Gasteiger partial charge in [-0.2, -0.15) is 0 Å². The molecular weight excluding hydrogens is 378 g/mol. The zero-order valence-electron chi connectivity index (χ0n) is 19.1. The number of ether oxygens (including phenoxy) is 1. The van der Waals surface area contributed by atoms with Gasteiger partial charge in [0.25, 0.3) is 0 Å². The molecular formula is C25H37NO4. The molecule has 4 unspecified atom stereocenters. The van der Waals surface area contributed by atoms with E-state index in [0.29, 0.717) is 29.4 Å². The molecule has 4 rings (SSSR count). The molecule has 4 aliphatic carbocycles. The van der Waals surface area contributed by atoms with E-state index in [1.807, 2.05) is 26.8 Å². The Labute approximate surface area is 180 Å². The molecule has 0 heterocycles. The summed E-state index contributed by atoms with van der Waals surface area (Å²) in [6, 6.07) is -0.411. The van der Waals surface area contributed by atoms with Gasteiger partial charge in [0, 0.05) is 5.41 Å². The summed E-state index contributed by atoms with van der Waals surface area (Å²) in [5.74, 6) is 2.32. The Bertz CT molecular complexity index is 806. The minimum Gasteiger partial charge on any atom is -0.449 e. The summed E-state index contributed by atoms with van der Waals surface area (Å²) in [5.41, 5.74) is 1.08. The Morgan fingerprint density at radius 3 is 2.57 bits per heavy atom. The van der Waals surface area contributed by atoms with Gasteiger partial charge in [-0.25, -0.2) is 4.79 Å². The molecule has 6 atom stereocenters. The fourth-order valence-corrected chi connectivity index (χ4v) is 7.08. The number of hydrogen-bond donors (Lipinski definition) is 2. The van der Waals surface area contributed by atoms with Gasteiger partial charge in [0.05, 0.1) is 6.04 Å². The average molecular weight is 416 g/mol. The highest BCUT2D eigenvalue weighted by Crippen LogP contribution is 2.64. The van der Waals surface area contributed by atoms with E-state index in [-0.39, 0.29) is 11.3 Å². The van der Waals surface area contributed by atoms with Gasteiger partial charge in [-0.3, -0.25) is 4.79 Å². The SMILES string of the molecule is CC(C)(C)C(=O)NC1C[C@@]2(C)C(=CCC3C4CCC[C@@]4(C)CCC32)C=C1OC(=O)O. The maximum Gasteiger partial charge on any atom is 0.511 e. The van der Waals surface area contributed by atoms with Crippen molar-refractivity contribution < 1.29 is 19.4 Å². The maximum absolute atomic E-state index is 12.7. The van der Waals surface area contributed by atoms with Crippen molar-refractivity contribution in [2.45, 2.75) is 85.6 Å². The van der Waals surface area contributed by atoms with E-state index in [9.17, 15) is 14.7 Å². The molecule has 166 valence electrons. The highest BCUT2D eigenvalue weighted by atomic mass is 16.7. The van der Waals surface area contributed by atoms with Crippen LogP contribution in [0.5, 0.6) is 0 Å². The largest absolute Gasteiger partial charge is 0.511 e. The summed E-state index contributed by atoms with van der Waals surface area (Å²) in [7, 11) is 0. The van der Waals surface area contributed by atoms with Crippen molar-refractivity contribution in [3.8, 4) is 0 Å².